The maximum Gasteiger partial charge on any atom is 0.324 e. The number of alkyl halides is 2. The van der Waals surface area contributed by atoms with Crippen LogP contribution in [0.1, 0.15) is 56.0 Å². The standard InChI is InChI=1S/C19H24N4O3.C14H11Cl2F2NOS/c1-4-21-8-5-9-23(18(21)25)16-10-14-12-22(13-24)19(2,6-7-20)15(14)11-17(16)26-3;1-7-10(6-11(14(2,17)18)19-13(7)20)21-12-8(15)4-3-5-9(12)16/h10-11,13H,4-6,8-9,12H2,1-3H3;3-6H,1-2H3,(H,19,20). The minimum atomic E-state index is -3.13. The molecule has 0 aliphatic carbocycles. The number of benzene rings is 2. The summed E-state index contributed by atoms with van der Waals surface area (Å²) in [4.78, 5) is 44.4. The summed E-state index contributed by atoms with van der Waals surface area (Å²) in [6.45, 7) is 8.63. The van der Waals surface area contributed by atoms with Crippen molar-refractivity contribution in [2.24, 2.45) is 0 Å². The van der Waals surface area contributed by atoms with Crippen LogP contribution in [0.25, 0.3) is 0 Å². The second kappa shape index (κ2) is 14.5. The van der Waals surface area contributed by atoms with E-state index in [0.717, 1.165) is 54.9 Å². The lowest BCUT2D eigenvalue weighted by molar-refractivity contribution is -0.123. The van der Waals surface area contributed by atoms with E-state index in [2.05, 4.69) is 11.1 Å². The van der Waals surface area contributed by atoms with E-state index in [1.54, 1.807) is 42.0 Å². The van der Waals surface area contributed by atoms with Gasteiger partial charge in [0.1, 0.15) is 5.75 Å². The molecule has 3 aromatic rings. The molecule has 1 saturated heterocycles. The van der Waals surface area contributed by atoms with Gasteiger partial charge in [-0.25, -0.2) is 13.6 Å². The Morgan fingerprint density at radius 1 is 1.19 bits per heavy atom. The number of hydrogen-bond acceptors (Lipinski definition) is 6. The van der Waals surface area contributed by atoms with Gasteiger partial charge in [0.2, 0.25) is 6.41 Å². The molecule has 0 saturated carbocycles. The van der Waals surface area contributed by atoms with Gasteiger partial charge >= 0.3 is 6.03 Å². The number of carbonyl (C=O) groups is 2. The minimum Gasteiger partial charge on any atom is -0.495 e. The Balaban J connectivity index is 0.000000218. The summed E-state index contributed by atoms with van der Waals surface area (Å²) in [7, 11) is 1.57. The van der Waals surface area contributed by atoms with Crippen molar-refractivity contribution in [2.75, 3.05) is 31.6 Å². The molecule has 9 nitrogen and oxygen atoms in total. The van der Waals surface area contributed by atoms with Crippen molar-refractivity contribution < 1.29 is 23.1 Å². The Morgan fingerprint density at radius 3 is 2.45 bits per heavy atom. The number of nitrogens with zero attached hydrogens (tertiary/aromatic N) is 4. The van der Waals surface area contributed by atoms with E-state index in [1.165, 1.54) is 6.07 Å². The van der Waals surface area contributed by atoms with Gasteiger partial charge in [-0.3, -0.25) is 14.5 Å². The van der Waals surface area contributed by atoms with Crippen molar-refractivity contribution in [3.8, 4) is 11.8 Å². The van der Waals surface area contributed by atoms with Crippen LogP contribution < -0.4 is 15.2 Å². The summed E-state index contributed by atoms with van der Waals surface area (Å²) in [6, 6.07) is 12.2. The number of methoxy groups -OCH3 is 1. The molecule has 0 radical (unpaired) electrons. The van der Waals surface area contributed by atoms with Gasteiger partial charge in [0, 0.05) is 48.5 Å². The molecule has 250 valence electrons. The molecule has 2 aliphatic heterocycles. The molecule has 3 heterocycles. The second-order valence-corrected chi connectivity index (χ2v) is 13.3. The topological polar surface area (TPSA) is 110 Å². The molecule has 1 fully saturated rings. The SMILES string of the molecule is CCN1CCCN(c2cc3c(cc2OC)C(C)(CC#N)N(C=O)C3)C1=O.Cc1c(Sc2c(Cl)cccc2Cl)cc(C(C)(F)F)[nH]c1=O. The van der Waals surface area contributed by atoms with Crippen LogP contribution in [-0.4, -0.2) is 54.0 Å². The molecule has 1 unspecified atom stereocenters. The van der Waals surface area contributed by atoms with Crippen LogP contribution in [0.3, 0.4) is 0 Å². The molecule has 1 aromatic heterocycles. The number of nitriles is 1. The number of anilines is 1. The predicted molar refractivity (Wildman–Crippen MR) is 179 cm³/mol. The van der Waals surface area contributed by atoms with Crippen LogP contribution in [-0.2, 0) is 22.8 Å². The highest BCUT2D eigenvalue weighted by atomic mass is 35.5. The number of nitrogens with one attached hydrogen (secondary N) is 1. The van der Waals surface area contributed by atoms with E-state index in [4.69, 9.17) is 27.9 Å². The van der Waals surface area contributed by atoms with Crippen molar-refractivity contribution in [1.82, 2.24) is 14.8 Å². The molecule has 2 aliphatic rings. The number of urea groups is 1. The van der Waals surface area contributed by atoms with Crippen LogP contribution in [0.5, 0.6) is 5.75 Å². The predicted octanol–water partition coefficient (Wildman–Crippen LogP) is 7.70. The lowest BCUT2D eigenvalue weighted by Gasteiger charge is -2.36. The first-order chi connectivity index (χ1) is 22.2. The molecule has 0 spiro atoms. The Hall–Kier alpha value is -3.79. The number of rotatable bonds is 8. The van der Waals surface area contributed by atoms with Crippen LogP contribution in [0.4, 0.5) is 19.3 Å². The van der Waals surface area contributed by atoms with Crippen molar-refractivity contribution in [3.05, 3.63) is 79.2 Å². The number of aromatic amines is 1. The van der Waals surface area contributed by atoms with Crippen molar-refractivity contribution in [3.63, 3.8) is 0 Å². The molecule has 47 heavy (non-hydrogen) atoms. The average Bonchev–Trinajstić information content (AvgIpc) is 3.30. The molecule has 14 heteroatoms. The number of fused-ring (bicyclic) bond motifs is 1. The summed E-state index contributed by atoms with van der Waals surface area (Å²) >= 11 is 13.2. The van der Waals surface area contributed by atoms with Crippen molar-refractivity contribution >= 4 is 53.1 Å². The van der Waals surface area contributed by atoms with Gasteiger partial charge in [-0.2, -0.15) is 5.26 Å². The fourth-order valence-corrected chi connectivity index (χ4v) is 7.17. The average molecular weight is 707 g/mol. The number of hydrogen-bond donors (Lipinski definition) is 1. The number of aromatic nitrogens is 1. The third-order valence-corrected chi connectivity index (χ3v) is 10.5. The number of H-pyrrole nitrogens is 1. The number of halogens is 4. The largest absolute Gasteiger partial charge is 0.495 e. The zero-order valence-electron chi connectivity index (χ0n) is 26.6. The monoisotopic (exact) mass is 705 g/mol. The summed E-state index contributed by atoms with van der Waals surface area (Å²) in [6.07, 6.45) is 1.88. The number of ether oxygens (including phenoxy) is 1. The van der Waals surface area contributed by atoms with Crippen LogP contribution in [0, 0.1) is 18.3 Å². The smallest absolute Gasteiger partial charge is 0.324 e. The second-order valence-electron chi connectivity index (χ2n) is 11.4. The lowest BCUT2D eigenvalue weighted by Crippen LogP contribution is -2.49. The lowest BCUT2D eigenvalue weighted by atomic mass is 9.88. The quantitative estimate of drug-likeness (QED) is 0.241. The molecular formula is C33H35Cl2F2N5O4S. The Labute approximate surface area is 286 Å². The van der Waals surface area contributed by atoms with E-state index in [1.807, 2.05) is 30.9 Å². The molecule has 5 rings (SSSR count). The van der Waals surface area contributed by atoms with Gasteiger partial charge in [0.25, 0.3) is 11.5 Å². The number of amides is 3. The van der Waals surface area contributed by atoms with Crippen molar-refractivity contribution in [1.29, 1.82) is 5.26 Å². The van der Waals surface area contributed by atoms with E-state index in [-0.39, 0.29) is 12.5 Å². The maximum atomic E-state index is 13.4. The summed E-state index contributed by atoms with van der Waals surface area (Å²) < 4.78 is 32.4. The van der Waals surface area contributed by atoms with Gasteiger partial charge in [-0.05, 0) is 68.7 Å². The highest BCUT2D eigenvalue weighted by molar-refractivity contribution is 7.99. The van der Waals surface area contributed by atoms with Crippen molar-refractivity contribution in [2.45, 2.75) is 68.3 Å². The molecule has 1 N–H and O–H groups in total. The fourth-order valence-electron chi connectivity index (χ4n) is 5.57. The fraction of sp³-hybridized carbons (Fsp3) is 0.394. The number of carbonyl (C=O) groups excluding carboxylic acids is 2. The van der Waals surface area contributed by atoms with E-state index in [9.17, 15) is 28.4 Å². The zero-order chi connectivity index (χ0) is 34.7. The highest BCUT2D eigenvalue weighted by Gasteiger charge is 2.42. The molecular weight excluding hydrogens is 671 g/mol. The first-order valence-corrected chi connectivity index (χ1v) is 16.4. The summed E-state index contributed by atoms with van der Waals surface area (Å²) in [5.41, 5.74) is 1.24. The minimum absolute atomic E-state index is 0.0259. The molecule has 2 aromatic carbocycles. The van der Waals surface area contributed by atoms with Gasteiger partial charge < -0.3 is 19.5 Å². The summed E-state index contributed by atoms with van der Waals surface area (Å²) in [5, 5.41) is 10.0. The Bertz CT molecular complexity index is 1760. The van der Waals surface area contributed by atoms with Crippen LogP contribution >= 0.6 is 35.0 Å². The highest BCUT2D eigenvalue weighted by Crippen LogP contribution is 2.46. The van der Waals surface area contributed by atoms with Gasteiger partial charge in [-0.15, -0.1) is 0 Å². The number of pyridine rings is 1. The zero-order valence-corrected chi connectivity index (χ0v) is 29.0. The maximum absolute atomic E-state index is 13.4. The normalized spacial score (nSPS) is 17.5. The van der Waals surface area contributed by atoms with Crippen LogP contribution in [0.2, 0.25) is 10.0 Å². The van der Waals surface area contributed by atoms with Gasteiger partial charge in [-0.1, -0.05) is 41.0 Å². The molecule has 1 atom stereocenters. The summed E-state index contributed by atoms with van der Waals surface area (Å²) in [5.74, 6) is -2.54. The Kier molecular flexibility index (Phi) is 11.2. The van der Waals surface area contributed by atoms with E-state index >= 15 is 0 Å². The third kappa shape index (κ3) is 7.37. The first kappa shape index (κ1) is 36.1. The van der Waals surface area contributed by atoms with Gasteiger partial charge in [0.15, 0.2) is 0 Å². The van der Waals surface area contributed by atoms with E-state index < -0.39 is 22.7 Å². The molecule has 3 amide bonds. The van der Waals surface area contributed by atoms with E-state index in [0.29, 0.717) is 50.8 Å². The third-order valence-electron chi connectivity index (χ3n) is 8.33. The molecule has 0 bridgehead atoms. The van der Waals surface area contributed by atoms with Crippen LogP contribution in [0.15, 0.2) is 51.0 Å². The Morgan fingerprint density at radius 2 is 1.87 bits per heavy atom. The van der Waals surface area contributed by atoms with Gasteiger partial charge in [0.05, 0.1) is 46.6 Å². The first-order valence-electron chi connectivity index (χ1n) is 14.8.